The summed E-state index contributed by atoms with van der Waals surface area (Å²) in [6, 6.07) is 16.0. The lowest BCUT2D eigenvalue weighted by Crippen LogP contribution is -2.09. The van der Waals surface area contributed by atoms with Crippen LogP contribution in [0.1, 0.15) is 21.5 Å². The van der Waals surface area contributed by atoms with Gasteiger partial charge in [-0.3, -0.25) is 4.79 Å². The van der Waals surface area contributed by atoms with E-state index in [-0.39, 0.29) is 5.78 Å². The molecule has 3 aromatic rings. The van der Waals surface area contributed by atoms with Crippen LogP contribution in [0.25, 0.3) is 10.9 Å². The first-order valence-corrected chi connectivity index (χ1v) is 6.79. The van der Waals surface area contributed by atoms with Crippen LogP contribution >= 0.6 is 0 Å². The molecule has 20 heavy (non-hydrogen) atoms. The zero-order chi connectivity index (χ0) is 14.1. The Morgan fingerprint density at radius 2 is 1.85 bits per heavy atom. The molecular weight excluding hydrogens is 246 g/mol. The van der Waals surface area contributed by atoms with Crippen LogP contribution < -0.4 is 0 Å². The summed E-state index contributed by atoms with van der Waals surface area (Å²) in [4.78, 5) is 12.4. The summed E-state index contributed by atoms with van der Waals surface area (Å²) in [5.41, 5.74) is 4.22. The van der Waals surface area contributed by atoms with Gasteiger partial charge in [0.05, 0.1) is 6.54 Å². The van der Waals surface area contributed by atoms with Gasteiger partial charge in [0, 0.05) is 22.7 Å². The molecule has 3 rings (SSSR count). The zero-order valence-corrected chi connectivity index (χ0v) is 11.8. The van der Waals surface area contributed by atoms with Crippen LogP contribution in [-0.4, -0.2) is 10.4 Å². The smallest absolute Gasteiger partial charge is 0.182 e. The van der Waals surface area contributed by atoms with Crippen molar-refractivity contribution in [1.29, 1.82) is 0 Å². The molecule has 0 saturated heterocycles. The van der Waals surface area contributed by atoms with Gasteiger partial charge in [-0.2, -0.15) is 0 Å². The van der Waals surface area contributed by atoms with Crippen molar-refractivity contribution in [2.75, 3.05) is 0 Å². The summed E-state index contributed by atoms with van der Waals surface area (Å²) in [6.07, 6.45) is 2.05. The van der Waals surface area contributed by atoms with Crippen LogP contribution in [0.4, 0.5) is 0 Å². The maximum Gasteiger partial charge on any atom is 0.182 e. The number of nitrogens with zero attached hydrogens (tertiary/aromatic N) is 1. The molecule has 100 valence electrons. The number of carbonyl (C=O) groups excluding carboxylic acids is 1. The molecule has 2 aromatic carbocycles. The topological polar surface area (TPSA) is 22.0 Å². The SMILES string of the molecule is Cc1cccc(C(=O)Cn2cc(C)c3ccccc32)c1. The standard InChI is InChI=1S/C18H17NO/c1-13-6-5-7-15(10-13)18(20)12-19-11-14(2)16-8-3-4-9-17(16)19/h3-11H,12H2,1-2H3. The fraction of sp³-hybridized carbons (Fsp3) is 0.167. The van der Waals surface area contributed by atoms with Crippen LogP contribution in [0.2, 0.25) is 0 Å². The molecule has 0 aliphatic rings. The van der Waals surface area contributed by atoms with Crippen LogP contribution in [-0.2, 0) is 6.54 Å². The number of Topliss-reactive ketones (excluding diaryl/α,β-unsaturated/α-hetero) is 1. The highest BCUT2D eigenvalue weighted by molar-refractivity contribution is 5.97. The van der Waals surface area contributed by atoms with Crippen LogP contribution in [0.15, 0.2) is 54.7 Å². The lowest BCUT2D eigenvalue weighted by Gasteiger charge is -2.05. The Balaban J connectivity index is 1.95. The first kappa shape index (κ1) is 12.7. The van der Waals surface area contributed by atoms with Crippen molar-refractivity contribution in [2.45, 2.75) is 20.4 Å². The first-order chi connectivity index (χ1) is 9.65. The number of aromatic nitrogens is 1. The van der Waals surface area contributed by atoms with Gasteiger partial charge in [-0.1, -0.05) is 42.0 Å². The minimum Gasteiger partial charge on any atom is -0.339 e. The van der Waals surface area contributed by atoms with Gasteiger partial charge in [-0.05, 0) is 31.5 Å². The van der Waals surface area contributed by atoms with Crippen molar-refractivity contribution >= 4 is 16.7 Å². The number of ketones is 1. The largest absolute Gasteiger partial charge is 0.339 e. The van der Waals surface area contributed by atoms with Crippen molar-refractivity contribution in [2.24, 2.45) is 0 Å². The Labute approximate surface area is 118 Å². The molecule has 0 atom stereocenters. The number of benzene rings is 2. The third-order valence-corrected chi connectivity index (χ3v) is 3.64. The van der Waals surface area contributed by atoms with Gasteiger partial charge in [-0.15, -0.1) is 0 Å². The number of hydrogen-bond donors (Lipinski definition) is 0. The van der Waals surface area contributed by atoms with Gasteiger partial charge in [0.15, 0.2) is 5.78 Å². The zero-order valence-electron chi connectivity index (χ0n) is 11.8. The molecule has 1 heterocycles. The van der Waals surface area contributed by atoms with Crippen molar-refractivity contribution in [3.05, 3.63) is 71.4 Å². The highest BCUT2D eigenvalue weighted by Crippen LogP contribution is 2.20. The summed E-state index contributed by atoms with van der Waals surface area (Å²) >= 11 is 0. The third kappa shape index (κ3) is 2.25. The summed E-state index contributed by atoms with van der Waals surface area (Å²) in [7, 11) is 0. The van der Waals surface area contributed by atoms with E-state index in [0.717, 1.165) is 16.6 Å². The Kier molecular flexibility index (Phi) is 3.15. The predicted molar refractivity (Wildman–Crippen MR) is 82.2 cm³/mol. The summed E-state index contributed by atoms with van der Waals surface area (Å²) in [5.74, 6) is 0.148. The Morgan fingerprint density at radius 1 is 1.05 bits per heavy atom. The lowest BCUT2D eigenvalue weighted by atomic mass is 10.1. The molecule has 0 saturated carbocycles. The summed E-state index contributed by atoms with van der Waals surface area (Å²) in [6.45, 7) is 4.47. The van der Waals surface area contributed by atoms with Crippen LogP contribution in [0.5, 0.6) is 0 Å². The number of aryl methyl sites for hydroxylation is 2. The monoisotopic (exact) mass is 263 g/mol. The number of para-hydroxylation sites is 1. The van der Waals surface area contributed by atoms with Crippen molar-refractivity contribution in [3.8, 4) is 0 Å². The second kappa shape index (κ2) is 4.97. The molecule has 0 N–H and O–H groups in total. The Bertz CT molecular complexity index is 783. The van der Waals surface area contributed by atoms with Crippen LogP contribution in [0.3, 0.4) is 0 Å². The second-order valence-corrected chi connectivity index (χ2v) is 5.25. The van der Waals surface area contributed by atoms with Gasteiger partial charge in [0.2, 0.25) is 0 Å². The Hall–Kier alpha value is -2.35. The van der Waals surface area contributed by atoms with Gasteiger partial charge in [0.1, 0.15) is 0 Å². The maximum atomic E-state index is 12.4. The number of hydrogen-bond acceptors (Lipinski definition) is 1. The molecule has 0 aliphatic carbocycles. The highest BCUT2D eigenvalue weighted by atomic mass is 16.1. The van der Waals surface area contributed by atoms with Crippen molar-refractivity contribution in [1.82, 2.24) is 4.57 Å². The van der Waals surface area contributed by atoms with E-state index in [0.29, 0.717) is 6.54 Å². The molecule has 2 nitrogen and oxygen atoms in total. The molecule has 0 unspecified atom stereocenters. The fourth-order valence-electron chi connectivity index (χ4n) is 2.63. The minimum atomic E-state index is 0.148. The van der Waals surface area contributed by atoms with Crippen molar-refractivity contribution in [3.63, 3.8) is 0 Å². The van der Waals surface area contributed by atoms with Gasteiger partial charge < -0.3 is 4.57 Å². The Morgan fingerprint density at radius 3 is 2.65 bits per heavy atom. The molecule has 0 amide bonds. The molecule has 0 spiro atoms. The van der Waals surface area contributed by atoms with Crippen molar-refractivity contribution < 1.29 is 4.79 Å². The van der Waals surface area contributed by atoms with Gasteiger partial charge in [-0.25, -0.2) is 0 Å². The second-order valence-electron chi connectivity index (χ2n) is 5.25. The predicted octanol–water partition coefficient (Wildman–Crippen LogP) is 4.14. The normalized spacial score (nSPS) is 10.9. The first-order valence-electron chi connectivity index (χ1n) is 6.79. The number of fused-ring (bicyclic) bond motifs is 1. The van der Waals surface area contributed by atoms with E-state index in [2.05, 4.69) is 25.3 Å². The van der Waals surface area contributed by atoms with E-state index in [4.69, 9.17) is 0 Å². The molecule has 0 radical (unpaired) electrons. The van der Waals surface area contributed by atoms with E-state index in [1.807, 2.05) is 47.9 Å². The average molecular weight is 263 g/mol. The van der Waals surface area contributed by atoms with E-state index >= 15 is 0 Å². The fourth-order valence-corrected chi connectivity index (χ4v) is 2.63. The molecule has 0 aliphatic heterocycles. The van der Waals surface area contributed by atoms with Gasteiger partial charge >= 0.3 is 0 Å². The van der Waals surface area contributed by atoms with E-state index in [1.165, 1.54) is 10.9 Å². The molecule has 1 aromatic heterocycles. The van der Waals surface area contributed by atoms with Crippen LogP contribution in [0, 0.1) is 13.8 Å². The van der Waals surface area contributed by atoms with E-state index in [1.54, 1.807) is 0 Å². The number of rotatable bonds is 3. The molecule has 0 bridgehead atoms. The van der Waals surface area contributed by atoms with E-state index < -0.39 is 0 Å². The summed E-state index contributed by atoms with van der Waals surface area (Å²) < 4.78 is 2.04. The lowest BCUT2D eigenvalue weighted by molar-refractivity contribution is 0.0973. The maximum absolute atomic E-state index is 12.4. The number of carbonyl (C=O) groups is 1. The molecule has 2 heteroatoms. The van der Waals surface area contributed by atoms with Gasteiger partial charge in [0.25, 0.3) is 0 Å². The quantitative estimate of drug-likeness (QED) is 0.651. The highest BCUT2D eigenvalue weighted by Gasteiger charge is 2.10. The minimum absolute atomic E-state index is 0.148. The molecular formula is C18H17NO. The summed E-state index contributed by atoms with van der Waals surface area (Å²) in [5, 5.41) is 1.21. The third-order valence-electron chi connectivity index (χ3n) is 3.64. The average Bonchev–Trinajstić information content (AvgIpc) is 2.76. The van der Waals surface area contributed by atoms with E-state index in [9.17, 15) is 4.79 Å². The molecule has 0 fully saturated rings.